The molecule has 4 rings (SSSR count). The molecule has 154 valence electrons. The second kappa shape index (κ2) is 8.28. The van der Waals surface area contributed by atoms with Gasteiger partial charge in [0.2, 0.25) is 0 Å². The third-order valence-electron chi connectivity index (χ3n) is 5.22. The van der Waals surface area contributed by atoms with Crippen LogP contribution >= 0.6 is 0 Å². The quantitative estimate of drug-likeness (QED) is 0.416. The van der Waals surface area contributed by atoms with Crippen molar-refractivity contribution in [2.45, 2.75) is 18.8 Å². The number of benzene rings is 2. The van der Waals surface area contributed by atoms with Crippen molar-refractivity contribution < 1.29 is 9.53 Å². The van der Waals surface area contributed by atoms with Crippen LogP contribution in [0.15, 0.2) is 54.7 Å². The molecule has 0 spiro atoms. The van der Waals surface area contributed by atoms with Gasteiger partial charge in [-0.05, 0) is 60.7 Å². The first kappa shape index (κ1) is 20.1. The van der Waals surface area contributed by atoms with E-state index in [0.29, 0.717) is 39.5 Å². The number of anilines is 2. The number of rotatable bonds is 6. The number of methoxy groups -OCH3 is 1. The summed E-state index contributed by atoms with van der Waals surface area (Å²) in [5.74, 6) is 0.560. The number of nitrogen functional groups attached to an aromatic ring is 1. The number of nitrogens with two attached hydrogens (primary N) is 1. The molecule has 0 aliphatic heterocycles. The highest BCUT2D eigenvalue weighted by molar-refractivity contribution is 6.15. The van der Waals surface area contributed by atoms with E-state index >= 15 is 0 Å². The standard InChI is InChI=1S/C24H21N5O2/c1-31-18-4-2-3-16(10-18)22(27)20-11-17(7-8-21(20)26)29-24(30)23-19(15-5-6-15)9-14(12-25)13-28-23/h2-4,7-11,13,15,27H,5-6,26H2,1H3,(H,29,30). The van der Waals surface area contributed by atoms with E-state index in [4.69, 9.17) is 21.1 Å². The molecule has 2 aromatic carbocycles. The molecule has 7 heteroatoms. The number of pyridine rings is 1. The highest BCUT2D eigenvalue weighted by Crippen LogP contribution is 2.41. The van der Waals surface area contributed by atoms with Gasteiger partial charge in [0.05, 0.1) is 18.4 Å². The van der Waals surface area contributed by atoms with Crippen LogP contribution in [0.2, 0.25) is 0 Å². The monoisotopic (exact) mass is 411 g/mol. The Bertz CT molecular complexity index is 1220. The van der Waals surface area contributed by atoms with E-state index in [1.807, 2.05) is 0 Å². The van der Waals surface area contributed by atoms with Crippen molar-refractivity contribution in [1.82, 2.24) is 4.98 Å². The van der Waals surface area contributed by atoms with Crippen LogP contribution in [-0.2, 0) is 0 Å². The van der Waals surface area contributed by atoms with Crippen molar-refractivity contribution in [2.24, 2.45) is 0 Å². The molecular weight excluding hydrogens is 390 g/mol. The molecule has 0 radical (unpaired) electrons. The van der Waals surface area contributed by atoms with Gasteiger partial charge in [-0.15, -0.1) is 0 Å². The smallest absolute Gasteiger partial charge is 0.274 e. The number of hydrogen-bond acceptors (Lipinski definition) is 6. The highest BCUT2D eigenvalue weighted by atomic mass is 16.5. The number of ether oxygens (including phenoxy) is 1. The van der Waals surface area contributed by atoms with Crippen molar-refractivity contribution in [3.05, 3.63) is 82.7 Å². The van der Waals surface area contributed by atoms with Crippen molar-refractivity contribution in [3.63, 3.8) is 0 Å². The van der Waals surface area contributed by atoms with Gasteiger partial charge in [0.25, 0.3) is 5.91 Å². The molecule has 1 fully saturated rings. The van der Waals surface area contributed by atoms with Gasteiger partial charge >= 0.3 is 0 Å². The van der Waals surface area contributed by atoms with Gasteiger partial charge in [0.15, 0.2) is 0 Å². The Morgan fingerprint density at radius 2 is 2.06 bits per heavy atom. The fraction of sp³-hybridized carbons (Fsp3) is 0.167. The highest BCUT2D eigenvalue weighted by Gasteiger charge is 2.29. The molecule has 1 aliphatic carbocycles. The van der Waals surface area contributed by atoms with Crippen LogP contribution in [0.1, 0.15) is 51.5 Å². The molecule has 0 unspecified atom stereocenters. The van der Waals surface area contributed by atoms with Crippen LogP contribution < -0.4 is 15.8 Å². The van der Waals surface area contributed by atoms with Gasteiger partial charge in [-0.3, -0.25) is 10.2 Å². The topological polar surface area (TPSA) is 125 Å². The number of carbonyl (C=O) groups is 1. The Morgan fingerprint density at radius 3 is 2.77 bits per heavy atom. The third kappa shape index (κ3) is 4.23. The second-order valence-corrected chi connectivity index (χ2v) is 7.41. The fourth-order valence-corrected chi connectivity index (χ4v) is 3.41. The summed E-state index contributed by atoms with van der Waals surface area (Å²) < 4.78 is 5.24. The van der Waals surface area contributed by atoms with Gasteiger partial charge in [0, 0.05) is 28.7 Å². The van der Waals surface area contributed by atoms with E-state index in [9.17, 15) is 4.79 Å². The molecule has 0 saturated heterocycles. The predicted molar refractivity (Wildman–Crippen MR) is 119 cm³/mol. The summed E-state index contributed by atoms with van der Waals surface area (Å²) in [5, 5.41) is 20.6. The molecule has 1 amide bonds. The first-order valence-electron chi connectivity index (χ1n) is 9.84. The minimum absolute atomic E-state index is 0.225. The number of hydrogen-bond donors (Lipinski definition) is 3. The Hall–Kier alpha value is -4.18. The zero-order valence-corrected chi connectivity index (χ0v) is 17.0. The maximum absolute atomic E-state index is 12.9. The molecule has 7 nitrogen and oxygen atoms in total. The van der Waals surface area contributed by atoms with Crippen LogP contribution in [0.5, 0.6) is 5.75 Å². The van der Waals surface area contributed by atoms with Crippen LogP contribution in [0.4, 0.5) is 11.4 Å². The SMILES string of the molecule is COc1cccc(C(=N)c2cc(NC(=O)c3ncc(C#N)cc3C3CC3)ccc2N)c1. The molecule has 1 heterocycles. The van der Waals surface area contributed by atoms with Crippen molar-refractivity contribution >= 4 is 23.0 Å². The lowest BCUT2D eigenvalue weighted by Crippen LogP contribution is -2.17. The minimum atomic E-state index is -0.352. The number of amides is 1. The van der Waals surface area contributed by atoms with Crippen molar-refractivity contribution in [3.8, 4) is 11.8 Å². The average Bonchev–Trinajstić information content (AvgIpc) is 3.65. The number of nitrogens with one attached hydrogen (secondary N) is 2. The molecule has 1 saturated carbocycles. The Balaban J connectivity index is 1.61. The van der Waals surface area contributed by atoms with E-state index in [-0.39, 0.29) is 17.5 Å². The number of nitrogens with zero attached hydrogens (tertiary/aromatic N) is 2. The van der Waals surface area contributed by atoms with Crippen molar-refractivity contribution in [1.29, 1.82) is 10.7 Å². The lowest BCUT2D eigenvalue weighted by Gasteiger charge is -2.13. The van der Waals surface area contributed by atoms with E-state index in [1.54, 1.807) is 55.6 Å². The van der Waals surface area contributed by atoms with Crippen LogP contribution in [0.25, 0.3) is 0 Å². The van der Waals surface area contributed by atoms with Crippen LogP contribution in [-0.4, -0.2) is 23.7 Å². The Kier molecular flexibility index (Phi) is 5.37. The van der Waals surface area contributed by atoms with E-state index < -0.39 is 0 Å². The van der Waals surface area contributed by atoms with Gasteiger partial charge < -0.3 is 15.8 Å². The summed E-state index contributed by atoms with van der Waals surface area (Å²) >= 11 is 0. The Morgan fingerprint density at radius 1 is 1.26 bits per heavy atom. The van der Waals surface area contributed by atoms with Crippen molar-refractivity contribution in [2.75, 3.05) is 18.2 Å². The average molecular weight is 411 g/mol. The first-order valence-corrected chi connectivity index (χ1v) is 9.84. The molecule has 31 heavy (non-hydrogen) atoms. The summed E-state index contributed by atoms with van der Waals surface area (Å²) in [6, 6.07) is 16.0. The molecule has 0 atom stereocenters. The maximum atomic E-state index is 12.9. The second-order valence-electron chi connectivity index (χ2n) is 7.41. The van der Waals surface area contributed by atoms with Crippen LogP contribution in [0.3, 0.4) is 0 Å². The van der Waals surface area contributed by atoms with Crippen LogP contribution in [0, 0.1) is 16.7 Å². The van der Waals surface area contributed by atoms with Gasteiger partial charge in [-0.2, -0.15) is 5.26 Å². The van der Waals surface area contributed by atoms with Gasteiger partial charge in [-0.25, -0.2) is 4.98 Å². The number of nitriles is 1. The summed E-state index contributed by atoms with van der Waals surface area (Å²) in [6.07, 6.45) is 3.38. The fourth-order valence-electron chi connectivity index (χ4n) is 3.41. The summed E-state index contributed by atoms with van der Waals surface area (Å²) in [7, 11) is 1.57. The molecule has 1 aromatic heterocycles. The van der Waals surface area contributed by atoms with Gasteiger partial charge in [-0.1, -0.05) is 12.1 Å². The molecular formula is C24H21N5O2. The number of aromatic nitrogens is 1. The summed E-state index contributed by atoms with van der Waals surface area (Å²) in [5.41, 5.74) is 10.0. The Labute approximate surface area is 180 Å². The minimum Gasteiger partial charge on any atom is -0.497 e. The predicted octanol–water partition coefficient (Wildman–Crippen LogP) is 4.09. The zero-order chi connectivity index (χ0) is 22.0. The maximum Gasteiger partial charge on any atom is 0.274 e. The zero-order valence-electron chi connectivity index (χ0n) is 17.0. The number of carbonyl (C=O) groups excluding carboxylic acids is 1. The molecule has 4 N–H and O–H groups in total. The normalized spacial score (nSPS) is 12.6. The van der Waals surface area contributed by atoms with E-state index in [0.717, 1.165) is 18.4 Å². The third-order valence-corrected chi connectivity index (χ3v) is 5.22. The first-order chi connectivity index (χ1) is 15.0. The van der Waals surface area contributed by atoms with Gasteiger partial charge in [0.1, 0.15) is 17.5 Å². The van der Waals surface area contributed by atoms with E-state index in [2.05, 4.69) is 16.4 Å². The molecule has 0 bridgehead atoms. The lowest BCUT2D eigenvalue weighted by atomic mass is 10.00. The summed E-state index contributed by atoms with van der Waals surface area (Å²) in [6.45, 7) is 0. The van der Waals surface area contributed by atoms with E-state index in [1.165, 1.54) is 6.20 Å². The lowest BCUT2D eigenvalue weighted by molar-refractivity contribution is 0.102. The molecule has 3 aromatic rings. The molecule has 1 aliphatic rings. The summed E-state index contributed by atoms with van der Waals surface area (Å²) in [4.78, 5) is 17.2. The largest absolute Gasteiger partial charge is 0.497 e.